The molecule has 0 N–H and O–H groups in total. The van der Waals surface area contributed by atoms with Gasteiger partial charge in [-0.1, -0.05) is 19.6 Å². The van der Waals surface area contributed by atoms with Crippen LogP contribution in [0.25, 0.3) is 0 Å². The van der Waals surface area contributed by atoms with Crippen LogP contribution in [-0.4, -0.2) is 11.0 Å². The molecule has 0 unspecified atom stereocenters. The number of rotatable bonds is 2. The first-order valence-electron chi connectivity index (χ1n) is 2.13. The van der Waals surface area contributed by atoms with Crippen LogP contribution in [0.3, 0.4) is 0 Å². The monoisotopic (exact) mass is 333 g/mol. The van der Waals surface area contributed by atoms with Crippen LogP contribution in [0.15, 0.2) is 0 Å². The van der Waals surface area contributed by atoms with Crippen molar-refractivity contribution >= 4 is 29.2 Å². The van der Waals surface area contributed by atoms with Gasteiger partial charge in [0.15, 0.2) is 0 Å². The largest absolute Gasteiger partial charge is 3.00 e. The Hall–Kier alpha value is 0.980. The molecule has 0 amide bonds. The van der Waals surface area contributed by atoms with Crippen molar-refractivity contribution < 1.29 is 27.1 Å². The molecule has 50 valence electrons. The van der Waals surface area contributed by atoms with Gasteiger partial charge in [0.25, 0.3) is 0 Å². The molecule has 0 aliphatic rings. The Kier molecular flexibility index (Phi) is 11.7. The van der Waals surface area contributed by atoms with E-state index in [1.165, 1.54) is 0 Å². The summed E-state index contributed by atoms with van der Waals surface area (Å²) < 4.78 is 5.12. The van der Waals surface area contributed by atoms with Gasteiger partial charge in [-0.3, -0.25) is 0 Å². The summed E-state index contributed by atoms with van der Waals surface area (Å²) >= 11 is 8.24. The second kappa shape index (κ2) is 7.98. The summed E-state index contributed by atoms with van der Waals surface area (Å²) in [6.45, 7) is 2.70. The third kappa shape index (κ3) is 10.1. The van der Waals surface area contributed by atoms with Gasteiger partial charge in [-0.05, 0) is 18.6 Å². The molecule has 0 bridgehead atoms. The van der Waals surface area contributed by atoms with Crippen molar-refractivity contribution in [2.75, 3.05) is 6.61 Å². The van der Waals surface area contributed by atoms with Crippen molar-refractivity contribution in [2.24, 2.45) is 0 Å². The summed E-state index contributed by atoms with van der Waals surface area (Å²) in [7, 11) is 0. The molecule has 0 heterocycles. The molecule has 4 heteroatoms. The van der Waals surface area contributed by atoms with E-state index in [1.807, 2.05) is 6.92 Å². The summed E-state index contributed by atoms with van der Waals surface area (Å²) in [5.41, 5.74) is 0. The van der Waals surface area contributed by atoms with Gasteiger partial charge in [0.2, 0.25) is 4.38 Å². The standard InChI is InChI=1S/C4H8OS2.Au/c1-2-3-5-4(6)7;/h2-3H2,1H3,(H,6,7);/q;+3. The fraction of sp³-hybridized carbons (Fsp3) is 0.750. The molecule has 0 saturated heterocycles. The van der Waals surface area contributed by atoms with E-state index in [0.29, 0.717) is 11.0 Å². The normalized spacial score (nSPS) is 7.25. The van der Waals surface area contributed by atoms with Crippen LogP contribution in [-0.2, 0) is 27.1 Å². The Balaban J connectivity index is 0. The topological polar surface area (TPSA) is 9.23 Å². The Morgan fingerprint density at radius 3 is 2.38 bits per heavy atom. The SMILES string of the molecule is CCCOC(=S)S.[Au+3]. The summed E-state index contributed by atoms with van der Waals surface area (Å²) in [4.78, 5) is 0. The van der Waals surface area contributed by atoms with E-state index in [1.54, 1.807) is 0 Å². The molecule has 0 saturated carbocycles. The molecule has 0 spiro atoms. The number of hydrogen-bond acceptors (Lipinski definition) is 2. The summed E-state index contributed by atoms with van der Waals surface area (Å²) in [5.74, 6) is 0. The average Bonchev–Trinajstić information content (AvgIpc) is 1.61. The number of ether oxygens (including phenoxy) is 1. The van der Waals surface area contributed by atoms with E-state index in [4.69, 9.17) is 4.74 Å². The first-order valence-corrected chi connectivity index (χ1v) is 2.98. The molecule has 0 fully saturated rings. The molecule has 0 aromatic carbocycles. The van der Waals surface area contributed by atoms with Crippen molar-refractivity contribution in [3.05, 3.63) is 0 Å². The van der Waals surface area contributed by atoms with E-state index in [2.05, 4.69) is 24.8 Å². The minimum absolute atomic E-state index is 0. The smallest absolute Gasteiger partial charge is 0.479 e. The molecule has 0 aliphatic carbocycles. The fourth-order valence-electron chi connectivity index (χ4n) is 0.189. The van der Waals surface area contributed by atoms with Crippen molar-refractivity contribution in [3.63, 3.8) is 0 Å². The third-order valence-electron chi connectivity index (χ3n) is 0.430. The number of thiol groups is 1. The minimum Gasteiger partial charge on any atom is -0.479 e. The molecule has 8 heavy (non-hydrogen) atoms. The molecule has 0 rings (SSSR count). The van der Waals surface area contributed by atoms with Crippen LogP contribution in [0.5, 0.6) is 0 Å². The maximum Gasteiger partial charge on any atom is 3.00 e. The van der Waals surface area contributed by atoms with Gasteiger partial charge in [-0.25, -0.2) is 0 Å². The predicted molar refractivity (Wildman–Crippen MR) is 37.8 cm³/mol. The Morgan fingerprint density at radius 1 is 1.75 bits per heavy atom. The zero-order valence-electron chi connectivity index (χ0n) is 4.48. The maximum atomic E-state index is 4.79. The van der Waals surface area contributed by atoms with E-state index in [0.717, 1.165) is 6.42 Å². The number of thiocarbonyl (C=S) groups is 1. The van der Waals surface area contributed by atoms with Crippen molar-refractivity contribution in [1.82, 2.24) is 0 Å². The first-order chi connectivity index (χ1) is 3.27. The van der Waals surface area contributed by atoms with E-state index >= 15 is 0 Å². The quantitative estimate of drug-likeness (QED) is 0.467. The van der Waals surface area contributed by atoms with Gasteiger partial charge in [0, 0.05) is 0 Å². The minimum atomic E-state index is 0. The summed E-state index contributed by atoms with van der Waals surface area (Å²) in [5, 5.41) is 0. The van der Waals surface area contributed by atoms with Crippen molar-refractivity contribution in [1.29, 1.82) is 0 Å². The Labute approximate surface area is 76.1 Å². The Morgan fingerprint density at radius 2 is 2.25 bits per heavy atom. The van der Waals surface area contributed by atoms with Gasteiger partial charge in [-0.2, -0.15) is 0 Å². The molecule has 0 aliphatic heterocycles. The second-order valence-corrected chi connectivity index (χ2v) is 2.19. The van der Waals surface area contributed by atoms with Gasteiger partial charge in [0.1, 0.15) is 0 Å². The molecular weight excluding hydrogens is 325 g/mol. The maximum absolute atomic E-state index is 4.79. The van der Waals surface area contributed by atoms with E-state index in [9.17, 15) is 0 Å². The first kappa shape index (κ1) is 11.7. The average molecular weight is 333 g/mol. The molecule has 0 aromatic rings. The molecule has 0 atom stereocenters. The van der Waals surface area contributed by atoms with Gasteiger partial charge >= 0.3 is 22.4 Å². The molecule has 0 aromatic heterocycles. The fourth-order valence-corrected chi connectivity index (χ4v) is 0.364. The summed E-state index contributed by atoms with van der Waals surface area (Å²) in [6.07, 6.45) is 0.987. The van der Waals surface area contributed by atoms with Crippen molar-refractivity contribution in [2.45, 2.75) is 13.3 Å². The molecule has 0 radical (unpaired) electrons. The summed E-state index contributed by atoms with van der Waals surface area (Å²) in [6, 6.07) is 0. The van der Waals surface area contributed by atoms with Crippen LogP contribution in [0.4, 0.5) is 0 Å². The van der Waals surface area contributed by atoms with Crippen LogP contribution >= 0.6 is 24.8 Å². The zero-order chi connectivity index (χ0) is 5.70. The number of hydrogen-bond donors (Lipinski definition) is 1. The molecule has 1 nitrogen and oxygen atoms in total. The second-order valence-electron chi connectivity index (χ2n) is 1.11. The Bertz CT molecular complexity index is 67.1. The van der Waals surface area contributed by atoms with Gasteiger partial charge in [-0.15, -0.1) is 0 Å². The molecular formula is C4H8AuOS2+3. The van der Waals surface area contributed by atoms with E-state index in [-0.39, 0.29) is 22.4 Å². The third-order valence-corrected chi connectivity index (χ3v) is 0.677. The van der Waals surface area contributed by atoms with Crippen LogP contribution in [0, 0.1) is 0 Å². The zero-order valence-corrected chi connectivity index (χ0v) is 8.36. The van der Waals surface area contributed by atoms with Gasteiger partial charge in [0.05, 0.1) is 6.61 Å². The van der Waals surface area contributed by atoms with Crippen molar-refractivity contribution in [3.8, 4) is 0 Å². The predicted octanol–water partition coefficient (Wildman–Crippen LogP) is 1.63. The van der Waals surface area contributed by atoms with Crippen LogP contribution in [0.1, 0.15) is 13.3 Å². The van der Waals surface area contributed by atoms with Gasteiger partial charge < -0.3 is 4.74 Å². The van der Waals surface area contributed by atoms with E-state index < -0.39 is 0 Å². The van der Waals surface area contributed by atoms with Crippen LogP contribution < -0.4 is 0 Å². The van der Waals surface area contributed by atoms with Crippen LogP contribution in [0.2, 0.25) is 0 Å².